The lowest BCUT2D eigenvalue weighted by Gasteiger charge is -2.13. The molecule has 1 heterocycles. The summed E-state index contributed by atoms with van der Waals surface area (Å²) in [4.78, 5) is 6.93. The standard InChI is InChI=1S/C15H17BrN2S/c1-3-14(17-2)15-9-8-13(10-18-15)19-12-6-4-11(16)5-7-12/h4-10,14,17H,3H2,1-2H3. The SMILES string of the molecule is CCC(NC)c1ccc(Sc2ccc(Br)cc2)cn1. The smallest absolute Gasteiger partial charge is 0.0573 e. The average Bonchev–Trinajstić information content (AvgIpc) is 2.44. The third-order valence-corrected chi connectivity index (χ3v) is 4.44. The van der Waals surface area contributed by atoms with E-state index in [1.54, 1.807) is 11.8 Å². The van der Waals surface area contributed by atoms with E-state index < -0.39 is 0 Å². The lowest BCUT2D eigenvalue weighted by atomic mass is 10.1. The van der Waals surface area contributed by atoms with Gasteiger partial charge in [-0.1, -0.05) is 34.6 Å². The first-order valence-corrected chi connectivity index (χ1v) is 7.90. The van der Waals surface area contributed by atoms with Crippen LogP contribution < -0.4 is 5.32 Å². The highest BCUT2D eigenvalue weighted by atomic mass is 79.9. The lowest BCUT2D eigenvalue weighted by Crippen LogP contribution is -2.16. The Morgan fingerprint density at radius 2 is 1.84 bits per heavy atom. The molecule has 2 aromatic rings. The Balaban J connectivity index is 2.08. The van der Waals surface area contributed by atoms with E-state index in [1.807, 2.05) is 13.2 Å². The fraction of sp³-hybridized carbons (Fsp3) is 0.267. The number of rotatable bonds is 5. The van der Waals surface area contributed by atoms with Crippen LogP contribution in [0.2, 0.25) is 0 Å². The molecule has 0 bridgehead atoms. The van der Waals surface area contributed by atoms with Crippen LogP contribution in [0.4, 0.5) is 0 Å². The van der Waals surface area contributed by atoms with Crippen molar-refractivity contribution in [3.63, 3.8) is 0 Å². The zero-order chi connectivity index (χ0) is 13.7. The van der Waals surface area contributed by atoms with Crippen molar-refractivity contribution < 1.29 is 0 Å². The number of halogens is 1. The molecule has 2 rings (SSSR count). The molecule has 1 aromatic heterocycles. The zero-order valence-electron chi connectivity index (χ0n) is 11.1. The molecule has 0 spiro atoms. The molecule has 100 valence electrons. The van der Waals surface area contributed by atoms with Crippen molar-refractivity contribution in [1.29, 1.82) is 0 Å². The van der Waals surface area contributed by atoms with Gasteiger partial charge < -0.3 is 5.32 Å². The van der Waals surface area contributed by atoms with Crippen LogP contribution in [0, 0.1) is 0 Å². The maximum Gasteiger partial charge on any atom is 0.0573 e. The third kappa shape index (κ3) is 4.06. The molecule has 1 unspecified atom stereocenters. The van der Waals surface area contributed by atoms with Gasteiger partial charge in [-0.15, -0.1) is 0 Å². The first kappa shape index (κ1) is 14.6. The summed E-state index contributed by atoms with van der Waals surface area (Å²) in [6.45, 7) is 2.16. The van der Waals surface area contributed by atoms with Crippen LogP contribution in [-0.4, -0.2) is 12.0 Å². The molecule has 0 aliphatic heterocycles. The summed E-state index contributed by atoms with van der Waals surface area (Å²) in [5, 5.41) is 3.27. The van der Waals surface area contributed by atoms with Crippen molar-refractivity contribution in [2.24, 2.45) is 0 Å². The molecule has 1 atom stereocenters. The Labute approximate surface area is 127 Å². The van der Waals surface area contributed by atoms with E-state index in [2.05, 4.69) is 69.6 Å². The molecule has 0 aliphatic rings. The van der Waals surface area contributed by atoms with E-state index in [0.29, 0.717) is 6.04 Å². The van der Waals surface area contributed by atoms with Gasteiger partial charge >= 0.3 is 0 Å². The van der Waals surface area contributed by atoms with Crippen LogP contribution in [0.1, 0.15) is 25.1 Å². The molecular formula is C15H17BrN2S. The van der Waals surface area contributed by atoms with Gasteiger partial charge in [-0.25, -0.2) is 0 Å². The summed E-state index contributed by atoms with van der Waals surface area (Å²) in [5.74, 6) is 0. The molecule has 4 heteroatoms. The van der Waals surface area contributed by atoms with E-state index in [4.69, 9.17) is 0 Å². The molecule has 0 fully saturated rings. The minimum absolute atomic E-state index is 0.340. The lowest BCUT2D eigenvalue weighted by molar-refractivity contribution is 0.561. The van der Waals surface area contributed by atoms with Crippen LogP contribution >= 0.6 is 27.7 Å². The second kappa shape index (κ2) is 7.08. The minimum atomic E-state index is 0.340. The molecule has 0 radical (unpaired) electrons. The maximum absolute atomic E-state index is 4.54. The van der Waals surface area contributed by atoms with Crippen LogP contribution in [-0.2, 0) is 0 Å². The first-order chi connectivity index (χ1) is 9.22. The van der Waals surface area contributed by atoms with Crippen molar-refractivity contribution in [3.8, 4) is 0 Å². The van der Waals surface area contributed by atoms with Gasteiger partial charge in [0, 0.05) is 26.5 Å². The molecular weight excluding hydrogens is 320 g/mol. The van der Waals surface area contributed by atoms with Crippen LogP contribution in [0.15, 0.2) is 56.9 Å². The van der Waals surface area contributed by atoms with E-state index in [1.165, 1.54) is 4.90 Å². The number of nitrogens with one attached hydrogen (secondary N) is 1. The van der Waals surface area contributed by atoms with Gasteiger partial charge in [0.1, 0.15) is 0 Å². The van der Waals surface area contributed by atoms with Gasteiger partial charge in [0.05, 0.1) is 5.69 Å². The molecule has 0 saturated carbocycles. The Hall–Kier alpha value is -0.840. The summed E-state index contributed by atoms with van der Waals surface area (Å²) in [7, 11) is 1.97. The Bertz CT molecular complexity index is 507. The Kier molecular flexibility index (Phi) is 5.43. The van der Waals surface area contributed by atoms with Crippen molar-refractivity contribution in [2.75, 3.05) is 7.05 Å². The third-order valence-electron chi connectivity index (χ3n) is 2.92. The van der Waals surface area contributed by atoms with Crippen LogP contribution in [0.5, 0.6) is 0 Å². The minimum Gasteiger partial charge on any atom is -0.312 e. The number of nitrogens with zero attached hydrogens (tertiary/aromatic N) is 1. The van der Waals surface area contributed by atoms with Gasteiger partial charge in [0.15, 0.2) is 0 Å². The summed E-state index contributed by atoms with van der Waals surface area (Å²) in [5.41, 5.74) is 1.10. The highest BCUT2D eigenvalue weighted by Crippen LogP contribution is 2.28. The molecule has 1 N–H and O–H groups in total. The van der Waals surface area contributed by atoms with Gasteiger partial charge in [-0.2, -0.15) is 0 Å². The molecule has 1 aromatic carbocycles. The van der Waals surface area contributed by atoms with Crippen molar-refractivity contribution >= 4 is 27.7 Å². The summed E-state index contributed by atoms with van der Waals surface area (Å²) < 4.78 is 1.10. The highest BCUT2D eigenvalue weighted by molar-refractivity contribution is 9.10. The largest absolute Gasteiger partial charge is 0.312 e. The van der Waals surface area contributed by atoms with E-state index in [-0.39, 0.29) is 0 Å². The summed E-state index contributed by atoms with van der Waals surface area (Å²) in [6.07, 6.45) is 2.99. The van der Waals surface area contributed by atoms with Crippen molar-refractivity contribution in [2.45, 2.75) is 29.2 Å². The Morgan fingerprint density at radius 1 is 1.16 bits per heavy atom. The average molecular weight is 337 g/mol. The van der Waals surface area contributed by atoms with E-state index >= 15 is 0 Å². The van der Waals surface area contributed by atoms with Crippen LogP contribution in [0.3, 0.4) is 0 Å². The van der Waals surface area contributed by atoms with Crippen molar-refractivity contribution in [1.82, 2.24) is 10.3 Å². The first-order valence-electron chi connectivity index (χ1n) is 6.29. The van der Waals surface area contributed by atoms with Crippen molar-refractivity contribution in [3.05, 3.63) is 52.8 Å². The molecule has 0 amide bonds. The Morgan fingerprint density at radius 3 is 2.37 bits per heavy atom. The quantitative estimate of drug-likeness (QED) is 0.858. The zero-order valence-corrected chi connectivity index (χ0v) is 13.5. The molecule has 19 heavy (non-hydrogen) atoms. The predicted octanol–water partition coefficient (Wildman–Crippen LogP) is 4.67. The number of hydrogen-bond acceptors (Lipinski definition) is 3. The van der Waals surface area contributed by atoms with E-state index in [9.17, 15) is 0 Å². The number of aromatic nitrogens is 1. The predicted molar refractivity (Wildman–Crippen MR) is 84.6 cm³/mol. The van der Waals surface area contributed by atoms with Gasteiger partial charge in [0.2, 0.25) is 0 Å². The topological polar surface area (TPSA) is 24.9 Å². The van der Waals surface area contributed by atoms with Gasteiger partial charge in [-0.3, -0.25) is 4.98 Å². The van der Waals surface area contributed by atoms with Gasteiger partial charge in [-0.05, 0) is 49.9 Å². The number of pyridine rings is 1. The monoisotopic (exact) mass is 336 g/mol. The number of benzene rings is 1. The fourth-order valence-electron chi connectivity index (χ4n) is 1.86. The summed E-state index contributed by atoms with van der Waals surface area (Å²) >= 11 is 5.17. The molecule has 0 aliphatic carbocycles. The molecule has 2 nitrogen and oxygen atoms in total. The molecule has 0 saturated heterocycles. The normalized spacial score (nSPS) is 12.4. The maximum atomic E-state index is 4.54. The highest BCUT2D eigenvalue weighted by Gasteiger charge is 2.07. The van der Waals surface area contributed by atoms with Crippen LogP contribution in [0.25, 0.3) is 0 Å². The second-order valence-corrected chi connectivity index (χ2v) is 6.29. The fourth-order valence-corrected chi connectivity index (χ4v) is 2.91. The number of hydrogen-bond donors (Lipinski definition) is 1. The second-order valence-electron chi connectivity index (χ2n) is 4.22. The summed E-state index contributed by atoms with van der Waals surface area (Å²) in [6, 6.07) is 12.9. The van der Waals surface area contributed by atoms with Gasteiger partial charge in [0.25, 0.3) is 0 Å². The van der Waals surface area contributed by atoms with E-state index in [0.717, 1.165) is 21.5 Å².